The van der Waals surface area contributed by atoms with E-state index in [0.717, 1.165) is 37.4 Å². The SMILES string of the molecule is CCOCC[N+](C)(C)CCOCCOC.[Br-]. The standard InChI is InChI=1S/C11H26NO3.BrH/c1-5-14-8-6-12(2,3)7-9-15-11-10-13-4;/h5-11H2,1-4H3;1H/q+1;/p-1. The summed E-state index contributed by atoms with van der Waals surface area (Å²) in [6.45, 7) is 7.81. The lowest BCUT2D eigenvalue weighted by atomic mass is 10.4. The van der Waals surface area contributed by atoms with Crippen LogP contribution in [-0.2, 0) is 14.2 Å². The van der Waals surface area contributed by atoms with Gasteiger partial charge in [-0.15, -0.1) is 0 Å². The molecule has 0 atom stereocenters. The Morgan fingerprint density at radius 1 is 0.875 bits per heavy atom. The van der Waals surface area contributed by atoms with Crippen molar-refractivity contribution in [3.63, 3.8) is 0 Å². The summed E-state index contributed by atoms with van der Waals surface area (Å²) in [6.07, 6.45) is 0. The van der Waals surface area contributed by atoms with E-state index < -0.39 is 0 Å². The van der Waals surface area contributed by atoms with Crippen LogP contribution >= 0.6 is 0 Å². The van der Waals surface area contributed by atoms with Gasteiger partial charge in [0.05, 0.1) is 40.5 Å². The third-order valence-electron chi connectivity index (χ3n) is 2.32. The first-order valence-corrected chi connectivity index (χ1v) is 5.59. The summed E-state index contributed by atoms with van der Waals surface area (Å²) in [7, 11) is 6.07. The summed E-state index contributed by atoms with van der Waals surface area (Å²) >= 11 is 0. The van der Waals surface area contributed by atoms with Gasteiger partial charge in [-0.25, -0.2) is 0 Å². The highest BCUT2D eigenvalue weighted by Gasteiger charge is 2.13. The molecule has 0 saturated carbocycles. The van der Waals surface area contributed by atoms with Crippen molar-refractivity contribution >= 4 is 0 Å². The summed E-state index contributed by atoms with van der Waals surface area (Å²) in [5.74, 6) is 0. The van der Waals surface area contributed by atoms with Crippen LogP contribution in [0.3, 0.4) is 0 Å². The highest BCUT2D eigenvalue weighted by Crippen LogP contribution is 1.96. The van der Waals surface area contributed by atoms with E-state index in [1.807, 2.05) is 6.92 Å². The molecule has 0 bridgehead atoms. The highest BCUT2D eigenvalue weighted by atomic mass is 79.9. The third-order valence-corrected chi connectivity index (χ3v) is 2.32. The van der Waals surface area contributed by atoms with E-state index in [9.17, 15) is 0 Å². The minimum atomic E-state index is 0. The molecule has 0 rings (SSSR count). The maximum Gasteiger partial charge on any atom is 0.102 e. The number of rotatable bonds is 10. The van der Waals surface area contributed by atoms with Gasteiger partial charge in [0.25, 0.3) is 0 Å². The van der Waals surface area contributed by atoms with Crippen molar-refractivity contribution in [1.29, 1.82) is 0 Å². The Labute approximate surface area is 110 Å². The zero-order chi connectivity index (χ0) is 11.6. The Balaban J connectivity index is 0. The van der Waals surface area contributed by atoms with Crippen LogP contribution in [0.15, 0.2) is 0 Å². The summed E-state index contributed by atoms with van der Waals surface area (Å²) < 4.78 is 16.6. The fourth-order valence-electron chi connectivity index (χ4n) is 1.12. The quantitative estimate of drug-likeness (QED) is 0.337. The van der Waals surface area contributed by atoms with E-state index in [2.05, 4.69) is 14.1 Å². The second-order valence-electron chi connectivity index (χ2n) is 4.19. The minimum absolute atomic E-state index is 0. The molecule has 4 nitrogen and oxygen atoms in total. The monoisotopic (exact) mass is 299 g/mol. The van der Waals surface area contributed by atoms with Crippen LogP contribution in [0.25, 0.3) is 0 Å². The summed E-state index contributed by atoms with van der Waals surface area (Å²) in [5.41, 5.74) is 0. The van der Waals surface area contributed by atoms with Gasteiger partial charge in [-0.05, 0) is 6.92 Å². The molecule has 100 valence electrons. The number of nitrogens with zero attached hydrogens (tertiary/aromatic N) is 1. The molecule has 0 spiro atoms. The van der Waals surface area contributed by atoms with Gasteiger partial charge >= 0.3 is 0 Å². The number of ether oxygens (including phenoxy) is 3. The predicted octanol–water partition coefficient (Wildman–Crippen LogP) is -2.23. The van der Waals surface area contributed by atoms with Crippen molar-refractivity contribution < 1.29 is 35.7 Å². The molecule has 5 heteroatoms. The first-order chi connectivity index (χ1) is 7.12. The zero-order valence-electron chi connectivity index (χ0n) is 11.0. The average molecular weight is 300 g/mol. The molecule has 16 heavy (non-hydrogen) atoms. The fourth-order valence-corrected chi connectivity index (χ4v) is 1.12. The van der Waals surface area contributed by atoms with E-state index in [4.69, 9.17) is 14.2 Å². The Morgan fingerprint density at radius 2 is 1.44 bits per heavy atom. The maximum absolute atomic E-state index is 5.43. The molecule has 0 aliphatic carbocycles. The molecule has 0 N–H and O–H groups in total. The van der Waals surface area contributed by atoms with Gasteiger partial charge in [0, 0.05) is 13.7 Å². The number of quaternary nitrogens is 1. The van der Waals surface area contributed by atoms with Gasteiger partial charge in [0.1, 0.15) is 13.1 Å². The molecule has 0 saturated heterocycles. The first-order valence-electron chi connectivity index (χ1n) is 5.59. The lowest BCUT2D eigenvalue weighted by Gasteiger charge is -2.29. The molecule has 0 amide bonds. The second-order valence-corrected chi connectivity index (χ2v) is 4.19. The molecule has 0 fully saturated rings. The molecular formula is C11H26BrNO3. The summed E-state index contributed by atoms with van der Waals surface area (Å²) in [6, 6.07) is 0. The molecule has 0 aromatic carbocycles. The van der Waals surface area contributed by atoms with Crippen molar-refractivity contribution in [2.45, 2.75) is 6.92 Å². The van der Waals surface area contributed by atoms with E-state index in [1.165, 1.54) is 0 Å². The molecule has 0 aliphatic rings. The topological polar surface area (TPSA) is 27.7 Å². The predicted molar refractivity (Wildman–Crippen MR) is 61.0 cm³/mol. The van der Waals surface area contributed by atoms with Crippen LogP contribution in [0.4, 0.5) is 0 Å². The second kappa shape index (κ2) is 11.8. The van der Waals surface area contributed by atoms with Crippen LogP contribution in [-0.4, -0.2) is 71.8 Å². The Bertz CT molecular complexity index is 145. The van der Waals surface area contributed by atoms with Gasteiger partial charge in [0.15, 0.2) is 0 Å². The first kappa shape index (κ1) is 18.7. The van der Waals surface area contributed by atoms with Gasteiger partial charge in [-0.1, -0.05) is 0 Å². The number of halogens is 1. The van der Waals surface area contributed by atoms with Crippen molar-refractivity contribution in [1.82, 2.24) is 0 Å². The van der Waals surface area contributed by atoms with Crippen molar-refractivity contribution in [2.75, 3.05) is 67.3 Å². The highest BCUT2D eigenvalue weighted by molar-refractivity contribution is 4.36. The lowest BCUT2D eigenvalue weighted by molar-refractivity contribution is -0.891. The number of methoxy groups -OCH3 is 1. The molecule has 0 aromatic rings. The van der Waals surface area contributed by atoms with Crippen LogP contribution in [0.1, 0.15) is 6.92 Å². The van der Waals surface area contributed by atoms with E-state index in [-0.39, 0.29) is 17.0 Å². The van der Waals surface area contributed by atoms with E-state index >= 15 is 0 Å². The smallest absolute Gasteiger partial charge is 0.102 e. The Morgan fingerprint density at radius 3 is 1.94 bits per heavy atom. The van der Waals surface area contributed by atoms with Crippen LogP contribution in [0.5, 0.6) is 0 Å². The average Bonchev–Trinajstić information content (AvgIpc) is 2.17. The fraction of sp³-hybridized carbons (Fsp3) is 1.00. The molecule has 0 aliphatic heterocycles. The molecule has 0 unspecified atom stereocenters. The third kappa shape index (κ3) is 12.4. The van der Waals surface area contributed by atoms with Gasteiger partial charge in [-0.2, -0.15) is 0 Å². The van der Waals surface area contributed by atoms with Crippen molar-refractivity contribution in [2.24, 2.45) is 0 Å². The van der Waals surface area contributed by atoms with Crippen LogP contribution in [0.2, 0.25) is 0 Å². The lowest BCUT2D eigenvalue weighted by Crippen LogP contribution is -3.00. The Kier molecular flexibility index (Phi) is 13.8. The summed E-state index contributed by atoms with van der Waals surface area (Å²) in [4.78, 5) is 0. The van der Waals surface area contributed by atoms with E-state index in [0.29, 0.717) is 13.2 Å². The summed E-state index contributed by atoms with van der Waals surface area (Å²) in [5, 5.41) is 0. The van der Waals surface area contributed by atoms with E-state index in [1.54, 1.807) is 7.11 Å². The Hall–Kier alpha value is 0.320. The molecule has 0 aromatic heterocycles. The number of hydrogen-bond acceptors (Lipinski definition) is 3. The molecule has 0 radical (unpaired) electrons. The largest absolute Gasteiger partial charge is 1.00 e. The van der Waals surface area contributed by atoms with Crippen molar-refractivity contribution in [3.05, 3.63) is 0 Å². The van der Waals surface area contributed by atoms with Gasteiger partial charge < -0.3 is 35.7 Å². The van der Waals surface area contributed by atoms with Crippen LogP contribution < -0.4 is 17.0 Å². The van der Waals surface area contributed by atoms with Crippen LogP contribution in [0, 0.1) is 0 Å². The zero-order valence-corrected chi connectivity index (χ0v) is 12.6. The normalized spacial score (nSPS) is 11.2. The molecule has 0 heterocycles. The van der Waals surface area contributed by atoms with Gasteiger partial charge in [0.2, 0.25) is 0 Å². The van der Waals surface area contributed by atoms with Crippen molar-refractivity contribution in [3.8, 4) is 0 Å². The number of hydrogen-bond donors (Lipinski definition) is 0. The minimum Gasteiger partial charge on any atom is -1.00 e. The maximum atomic E-state index is 5.43. The molecular weight excluding hydrogens is 274 g/mol. The number of likely N-dealkylation sites (N-methyl/N-ethyl adjacent to an activating group) is 1. The van der Waals surface area contributed by atoms with Gasteiger partial charge in [-0.3, -0.25) is 0 Å².